The van der Waals surface area contributed by atoms with Gasteiger partial charge in [-0.05, 0) is 55.3 Å². The van der Waals surface area contributed by atoms with Crippen LogP contribution in [0, 0.1) is 5.82 Å². The number of hydrogen-bond donors (Lipinski definition) is 1. The Balaban J connectivity index is 1.47. The Hall–Kier alpha value is -2.40. The van der Waals surface area contributed by atoms with E-state index in [1.165, 1.54) is 40.7 Å². The lowest BCUT2D eigenvalue weighted by atomic mass is 10.0. The molecule has 0 radical (unpaired) electrons. The van der Waals surface area contributed by atoms with Gasteiger partial charge in [-0.3, -0.25) is 4.79 Å². The standard InChI is InChI=1S/C20H18ClFN4O3S2/c21-14-4-1-5-17(11-14)31(28,29)26-10-2-3-13(12-26)19-24-25-20(30-19)18(27)23-16-8-6-15(22)7-9-16/h1,4-9,11,13H,2-3,10,12H2,(H,23,27)/t13-/m1/s1. The summed E-state index contributed by atoms with van der Waals surface area (Å²) in [6.45, 7) is 0.658. The maximum absolute atomic E-state index is 13.0. The van der Waals surface area contributed by atoms with Crippen molar-refractivity contribution in [2.75, 3.05) is 18.4 Å². The highest BCUT2D eigenvalue weighted by molar-refractivity contribution is 7.89. The normalized spacial score (nSPS) is 17.4. The van der Waals surface area contributed by atoms with E-state index in [9.17, 15) is 17.6 Å². The maximum atomic E-state index is 13.0. The average Bonchev–Trinajstić information content (AvgIpc) is 3.26. The van der Waals surface area contributed by atoms with Crippen molar-refractivity contribution >= 4 is 44.6 Å². The van der Waals surface area contributed by atoms with Crippen LogP contribution in [0.15, 0.2) is 53.4 Å². The summed E-state index contributed by atoms with van der Waals surface area (Å²) in [4.78, 5) is 12.6. The zero-order valence-corrected chi connectivity index (χ0v) is 18.6. The van der Waals surface area contributed by atoms with E-state index in [1.54, 1.807) is 12.1 Å². The van der Waals surface area contributed by atoms with Crippen LogP contribution in [0.1, 0.15) is 33.6 Å². The minimum atomic E-state index is -3.68. The number of piperidine rings is 1. The summed E-state index contributed by atoms with van der Waals surface area (Å²) in [6.07, 6.45) is 1.41. The molecule has 1 saturated heterocycles. The molecule has 3 aromatic rings. The van der Waals surface area contributed by atoms with Gasteiger partial charge in [-0.1, -0.05) is 29.0 Å². The van der Waals surface area contributed by atoms with Crippen LogP contribution in [-0.4, -0.2) is 41.9 Å². The summed E-state index contributed by atoms with van der Waals surface area (Å²) in [6, 6.07) is 11.6. The number of halogens is 2. The number of rotatable bonds is 5. The minimum absolute atomic E-state index is 0.150. The zero-order valence-electron chi connectivity index (χ0n) is 16.2. The van der Waals surface area contributed by atoms with E-state index in [0.717, 1.165) is 17.8 Å². The van der Waals surface area contributed by atoms with E-state index >= 15 is 0 Å². The molecular formula is C20H18ClFN4O3S2. The van der Waals surface area contributed by atoms with Crippen molar-refractivity contribution in [3.63, 3.8) is 0 Å². The number of benzene rings is 2. The molecular weight excluding hydrogens is 463 g/mol. The molecule has 4 rings (SSSR count). The van der Waals surface area contributed by atoms with Crippen molar-refractivity contribution in [1.29, 1.82) is 0 Å². The minimum Gasteiger partial charge on any atom is -0.320 e. The summed E-state index contributed by atoms with van der Waals surface area (Å²) in [5.74, 6) is -1.01. The van der Waals surface area contributed by atoms with Crippen molar-refractivity contribution in [3.8, 4) is 0 Å². The highest BCUT2D eigenvalue weighted by Crippen LogP contribution is 2.32. The van der Waals surface area contributed by atoms with Crippen LogP contribution in [0.2, 0.25) is 5.02 Å². The van der Waals surface area contributed by atoms with Crippen LogP contribution in [0.4, 0.5) is 10.1 Å². The van der Waals surface area contributed by atoms with Gasteiger partial charge in [0.2, 0.25) is 15.0 Å². The molecule has 7 nitrogen and oxygen atoms in total. The Morgan fingerprint density at radius 2 is 1.97 bits per heavy atom. The van der Waals surface area contributed by atoms with Crippen molar-refractivity contribution in [1.82, 2.24) is 14.5 Å². The van der Waals surface area contributed by atoms with E-state index in [0.29, 0.717) is 28.7 Å². The zero-order chi connectivity index (χ0) is 22.0. The SMILES string of the molecule is O=C(Nc1ccc(F)cc1)c1nnc([C@@H]2CCCN(S(=O)(=O)c3cccc(Cl)c3)C2)s1. The summed E-state index contributed by atoms with van der Waals surface area (Å²) < 4.78 is 40.4. The molecule has 1 amide bonds. The first kappa shape index (κ1) is 21.8. The van der Waals surface area contributed by atoms with Gasteiger partial charge >= 0.3 is 0 Å². The van der Waals surface area contributed by atoms with Crippen molar-refractivity contribution in [3.05, 3.63) is 69.4 Å². The molecule has 162 valence electrons. The molecule has 2 aromatic carbocycles. The second-order valence-corrected chi connectivity index (χ2v) is 10.4. The van der Waals surface area contributed by atoms with Gasteiger partial charge in [0.25, 0.3) is 5.91 Å². The second kappa shape index (κ2) is 8.99. The molecule has 2 heterocycles. The molecule has 0 saturated carbocycles. The summed E-state index contributed by atoms with van der Waals surface area (Å²) >= 11 is 7.09. The molecule has 1 aliphatic heterocycles. The van der Waals surface area contributed by atoms with E-state index < -0.39 is 21.7 Å². The van der Waals surface area contributed by atoms with Crippen LogP contribution >= 0.6 is 22.9 Å². The molecule has 1 aliphatic rings. The highest BCUT2D eigenvalue weighted by atomic mass is 35.5. The molecule has 0 unspecified atom stereocenters. The second-order valence-electron chi connectivity index (χ2n) is 7.07. The first-order valence-corrected chi connectivity index (χ1v) is 12.1. The number of amides is 1. The topological polar surface area (TPSA) is 92.3 Å². The fraction of sp³-hybridized carbons (Fsp3) is 0.250. The van der Waals surface area contributed by atoms with Gasteiger partial charge in [-0.25, -0.2) is 12.8 Å². The predicted molar refractivity (Wildman–Crippen MR) is 116 cm³/mol. The summed E-state index contributed by atoms with van der Waals surface area (Å²) in [5, 5.41) is 11.9. The number of nitrogens with zero attached hydrogens (tertiary/aromatic N) is 3. The fourth-order valence-corrected chi connectivity index (χ4v) is 6.04. The number of carbonyl (C=O) groups excluding carboxylic acids is 1. The third-order valence-corrected chi connectivity index (χ3v) is 8.08. The number of anilines is 1. The number of aromatic nitrogens is 2. The molecule has 31 heavy (non-hydrogen) atoms. The van der Waals surface area contributed by atoms with E-state index in [1.807, 2.05) is 0 Å². The van der Waals surface area contributed by atoms with Crippen molar-refractivity contribution < 1.29 is 17.6 Å². The molecule has 1 atom stereocenters. The lowest BCUT2D eigenvalue weighted by Gasteiger charge is -2.30. The fourth-order valence-electron chi connectivity index (χ4n) is 3.35. The van der Waals surface area contributed by atoms with Crippen molar-refractivity contribution in [2.45, 2.75) is 23.7 Å². The van der Waals surface area contributed by atoms with Gasteiger partial charge in [-0.15, -0.1) is 10.2 Å². The van der Waals surface area contributed by atoms with Crippen LogP contribution in [0.25, 0.3) is 0 Å². The predicted octanol–water partition coefficient (Wildman–Crippen LogP) is 4.15. The number of hydrogen-bond acceptors (Lipinski definition) is 6. The largest absolute Gasteiger partial charge is 0.320 e. The van der Waals surface area contributed by atoms with Gasteiger partial charge in [0.15, 0.2) is 0 Å². The van der Waals surface area contributed by atoms with Gasteiger partial charge in [0.1, 0.15) is 10.8 Å². The van der Waals surface area contributed by atoms with Gasteiger partial charge in [0, 0.05) is 29.7 Å². The first-order valence-electron chi connectivity index (χ1n) is 9.49. The van der Waals surface area contributed by atoms with Crippen LogP contribution in [-0.2, 0) is 10.0 Å². The monoisotopic (exact) mass is 480 g/mol. The summed E-state index contributed by atoms with van der Waals surface area (Å²) in [5.41, 5.74) is 0.444. The first-order chi connectivity index (χ1) is 14.8. The van der Waals surface area contributed by atoms with E-state index in [-0.39, 0.29) is 22.4 Å². The van der Waals surface area contributed by atoms with E-state index in [2.05, 4.69) is 15.5 Å². The van der Waals surface area contributed by atoms with Crippen LogP contribution in [0.5, 0.6) is 0 Å². The lowest BCUT2D eigenvalue weighted by Crippen LogP contribution is -2.39. The number of nitrogens with one attached hydrogen (secondary N) is 1. The highest BCUT2D eigenvalue weighted by Gasteiger charge is 2.33. The molecule has 0 aliphatic carbocycles. The van der Waals surface area contributed by atoms with Crippen molar-refractivity contribution in [2.24, 2.45) is 0 Å². The number of carbonyl (C=O) groups is 1. The van der Waals surface area contributed by atoms with Gasteiger partial charge < -0.3 is 5.32 Å². The molecule has 0 spiro atoms. The third-order valence-electron chi connectivity index (χ3n) is 4.90. The quantitative estimate of drug-likeness (QED) is 0.592. The van der Waals surface area contributed by atoms with Gasteiger partial charge in [-0.2, -0.15) is 4.31 Å². The van der Waals surface area contributed by atoms with Crippen LogP contribution in [0.3, 0.4) is 0 Å². The molecule has 1 fully saturated rings. The van der Waals surface area contributed by atoms with E-state index in [4.69, 9.17) is 11.6 Å². The van der Waals surface area contributed by atoms with Gasteiger partial charge in [0.05, 0.1) is 4.90 Å². The maximum Gasteiger partial charge on any atom is 0.286 e. The smallest absolute Gasteiger partial charge is 0.286 e. The Bertz CT molecular complexity index is 1200. The summed E-state index contributed by atoms with van der Waals surface area (Å²) in [7, 11) is -3.68. The Labute approximate surface area is 187 Å². The molecule has 11 heteroatoms. The van der Waals surface area contributed by atoms with Crippen LogP contribution < -0.4 is 5.32 Å². The number of sulfonamides is 1. The Morgan fingerprint density at radius 1 is 1.19 bits per heavy atom. The molecule has 1 N–H and O–H groups in total. The third kappa shape index (κ3) is 4.93. The molecule has 1 aromatic heterocycles. The average molecular weight is 481 g/mol. The molecule has 0 bridgehead atoms. The Kier molecular flexibility index (Phi) is 6.33. The Morgan fingerprint density at radius 3 is 2.71 bits per heavy atom. The lowest BCUT2D eigenvalue weighted by molar-refractivity contribution is 0.102.